The molecule has 1 N–H and O–H groups in total. The smallest absolute Gasteiger partial charge is 0.416 e. The number of piperidine rings is 1. The number of carbonyl (C=O) groups is 1. The van der Waals surface area contributed by atoms with E-state index in [-0.39, 0.29) is 11.6 Å². The van der Waals surface area contributed by atoms with Crippen LogP contribution in [0.4, 0.5) is 18.9 Å². The van der Waals surface area contributed by atoms with Crippen molar-refractivity contribution in [1.29, 1.82) is 0 Å². The number of rotatable bonds is 3. The van der Waals surface area contributed by atoms with Crippen molar-refractivity contribution in [2.75, 3.05) is 18.5 Å². The average molecular weight is 433 g/mol. The normalized spacial score (nSPS) is 18.9. The Morgan fingerprint density at radius 2 is 1.97 bits per heavy atom. The second-order valence-corrected chi connectivity index (χ2v) is 8.43. The van der Waals surface area contributed by atoms with E-state index in [1.54, 1.807) is 0 Å². The Balaban J connectivity index is 1.58. The average Bonchev–Trinajstić information content (AvgIpc) is 3.09. The molecule has 5 nitrogen and oxygen atoms in total. The van der Waals surface area contributed by atoms with Crippen molar-refractivity contribution >= 4 is 17.3 Å². The number of nitrogens with one attached hydrogen (secondary N) is 1. The van der Waals surface area contributed by atoms with E-state index in [1.807, 2.05) is 11.8 Å². The van der Waals surface area contributed by atoms with E-state index in [0.29, 0.717) is 30.2 Å². The molecule has 0 bridgehead atoms. The summed E-state index contributed by atoms with van der Waals surface area (Å²) in [6.45, 7) is 5.50. The Hall–Kier alpha value is -2.77. The number of carbonyl (C=O) groups excluding carboxylic acids is 1. The van der Waals surface area contributed by atoms with Crippen LogP contribution in [0, 0.1) is 12.8 Å². The molecule has 1 aliphatic carbocycles. The number of hydrogen-bond acceptors (Lipinski definition) is 4. The van der Waals surface area contributed by atoms with Crippen LogP contribution in [0.15, 0.2) is 33.8 Å². The van der Waals surface area contributed by atoms with Gasteiger partial charge in [0, 0.05) is 30.6 Å². The molecule has 2 heterocycles. The number of benzene rings is 1. The maximum absolute atomic E-state index is 13.0. The maximum Gasteiger partial charge on any atom is 0.416 e. The summed E-state index contributed by atoms with van der Waals surface area (Å²) < 4.78 is 44.8. The Bertz CT molecular complexity index is 1000. The molecule has 0 spiro atoms. The van der Waals surface area contributed by atoms with Gasteiger partial charge in [0.05, 0.1) is 17.0 Å². The predicted molar refractivity (Wildman–Crippen MR) is 112 cm³/mol. The Kier molecular flexibility index (Phi) is 5.81. The summed E-state index contributed by atoms with van der Waals surface area (Å²) in [4.78, 5) is 14.9. The van der Waals surface area contributed by atoms with Crippen LogP contribution in [0.3, 0.4) is 0 Å². The van der Waals surface area contributed by atoms with Crippen molar-refractivity contribution in [3.8, 4) is 0 Å². The minimum Gasteiger partial charge on any atom is -0.455 e. The lowest BCUT2D eigenvalue weighted by molar-refractivity contribution is -0.137. The topological polar surface area (TPSA) is 57.8 Å². The number of hydrazone groups is 1. The maximum atomic E-state index is 13.0. The van der Waals surface area contributed by atoms with Crippen molar-refractivity contribution in [2.24, 2.45) is 11.0 Å². The van der Waals surface area contributed by atoms with Crippen LogP contribution in [-0.2, 0) is 12.6 Å². The van der Waals surface area contributed by atoms with Crippen LogP contribution in [-0.4, -0.2) is 29.6 Å². The molecule has 4 rings (SSSR count). The van der Waals surface area contributed by atoms with E-state index in [2.05, 4.69) is 17.5 Å². The van der Waals surface area contributed by atoms with Gasteiger partial charge in [-0.2, -0.15) is 18.3 Å². The summed E-state index contributed by atoms with van der Waals surface area (Å²) in [6.07, 6.45) is -0.266. The summed E-state index contributed by atoms with van der Waals surface area (Å²) in [7, 11) is 0. The van der Waals surface area contributed by atoms with Gasteiger partial charge in [-0.05, 0) is 56.7 Å². The second kappa shape index (κ2) is 8.40. The fourth-order valence-corrected chi connectivity index (χ4v) is 4.24. The highest BCUT2D eigenvalue weighted by Gasteiger charge is 2.32. The molecule has 2 aliphatic rings. The second-order valence-electron chi connectivity index (χ2n) is 8.43. The number of alkyl halides is 3. The molecule has 1 aliphatic heterocycles. The van der Waals surface area contributed by atoms with Crippen LogP contribution in [0.1, 0.15) is 65.6 Å². The lowest BCUT2D eigenvalue weighted by Crippen LogP contribution is -2.38. The molecule has 1 saturated heterocycles. The van der Waals surface area contributed by atoms with E-state index in [4.69, 9.17) is 4.42 Å². The lowest BCUT2D eigenvalue weighted by Gasteiger charge is -2.29. The van der Waals surface area contributed by atoms with Crippen molar-refractivity contribution in [3.63, 3.8) is 0 Å². The van der Waals surface area contributed by atoms with Crippen LogP contribution in [0.25, 0.3) is 0 Å². The molecule has 31 heavy (non-hydrogen) atoms. The molecule has 0 saturated carbocycles. The molecule has 1 aromatic carbocycles. The van der Waals surface area contributed by atoms with Crippen LogP contribution in [0.5, 0.6) is 0 Å². The van der Waals surface area contributed by atoms with E-state index >= 15 is 0 Å². The van der Waals surface area contributed by atoms with Crippen molar-refractivity contribution < 1.29 is 22.4 Å². The number of furan rings is 1. The fourth-order valence-electron chi connectivity index (χ4n) is 4.24. The van der Waals surface area contributed by atoms with Crippen LogP contribution >= 0.6 is 0 Å². The van der Waals surface area contributed by atoms with Gasteiger partial charge in [0.25, 0.3) is 5.91 Å². The Labute approximate surface area is 179 Å². The van der Waals surface area contributed by atoms with E-state index < -0.39 is 11.7 Å². The number of anilines is 1. The first kappa shape index (κ1) is 21.5. The van der Waals surface area contributed by atoms with Gasteiger partial charge < -0.3 is 9.32 Å². The van der Waals surface area contributed by atoms with Gasteiger partial charge in [0.2, 0.25) is 0 Å². The number of fused-ring (bicyclic) bond motifs is 1. The monoisotopic (exact) mass is 433 g/mol. The zero-order valence-corrected chi connectivity index (χ0v) is 17.7. The first-order valence-corrected chi connectivity index (χ1v) is 10.7. The van der Waals surface area contributed by atoms with E-state index in [0.717, 1.165) is 61.4 Å². The van der Waals surface area contributed by atoms with Crippen molar-refractivity contribution in [3.05, 3.63) is 52.5 Å². The highest BCUT2D eigenvalue weighted by Crippen LogP contribution is 2.33. The predicted octanol–water partition coefficient (Wildman–Crippen LogP) is 5.63. The number of likely N-dealkylation sites (tertiary alicyclic amines) is 1. The largest absolute Gasteiger partial charge is 0.455 e. The van der Waals surface area contributed by atoms with Crippen molar-refractivity contribution in [1.82, 2.24) is 4.90 Å². The molecule has 0 radical (unpaired) electrons. The molecule has 166 valence electrons. The fraction of sp³-hybridized carbons (Fsp3) is 0.478. The minimum atomic E-state index is -4.41. The number of aryl methyl sites for hydroxylation is 1. The van der Waals surface area contributed by atoms with Gasteiger partial charge in [0.15, 0.2) is 5.76 Å². The quantitative estimate of drug-likeness (QED) is 0.638. The molecule has 0 unspecified atom stereocenters. The first-order valence-electron chi connectivity index (χ1n) is 10.7. The summed E-state index contributed by atoms with van der Waals surface area (Å²) in [5.41, 5.74) is 4.54. The van der Waals surface area contributed by atoms with Crippen LogP contribution in [0.2, 0.25) is 0 Å². The highest BCUT2D eigenvalue weighted by molar-refractivity contribution is 6.06. The minimum absolute atomic E-state index is 0.0935. The first-order chi connectivity index (χ1) is 14.7. The number of hydrogen-bond donors (Lipinski definition) is 1. The van der Waals surface area contributed by atoms with Gasteiger partial charge in [0.1, 0.15) is 5.76 Å². The molecular formula is C23H26F3N3O2. The van der Waals surface area contributed by atoms with Gasteiger partial charge in [-0.1, -0.05) is 13.0 Å². The molecular weight excluding hydrogens is 407 g/mol. The summed E-state index contributed by atoms with van der Waals surface area (Å²) in [6, 6.07) is 4.94. The zero-order chi connectivity index (χ0) is 22.2. The Morgan fingerprint density at radius 1 is 1.23 bits per heavy atom. The highest BCUT2D eigenvalue weighted by atomic mass is 19.4. The van der Waals surface area contributed by atoms with Gasteiger partial charge in [-0.25, -0.2) is 0 Å². The molecule has 2 aromatic rings. The lowest BCUT2D eigenvalue weighted by atomic mass is 9.93. The third-order valence-electron chi connectivity index (χ3n) is 6.10. The number of amides is 1. The summed E-state index contributed by atoms with van der Waals surface area (Å²) >= 11 is 0. The summed E-state index contributed by atoms with van der Waals surface area (Å²) in [5, 5.41) is 4.39. The third-order valence-corrected chi connectivity index (χ3v) is 6.10. The van der Waals surface area contributed by atoms with Gasteiger partial charge in [-0.3, -0.25) is 10.2 Å². The number of nitrogens with zero attached hydrogens (tertiary/aromatic N) is 2. The SMILES string of the molecule is Cc1c(C(=O)N2CCC(C)CC2)oc2c1/C(=N/Nc1cccc(C(F)(F)F)c1)CCC2. The molecule has 1 aromatic heterocycles. The molecule has 0 atom stereocenters. The Morgan fingerprint density at radius 3 is 2.68 bits per heavy atom. The summed E-state index contributed by atoms with van der Waals surface area (Å²) in [5.74, 6) is 1.61. The number of halogens is 3. The zero-order valence-electron chi connectivity index (χ0n) is 17.7. The molecule has 8 heteroatoms. The molecule has 1 fully saturated rings. The van der Waals surface area contributed by atoms with Crippen LogP contribution < -0.4 is 5.43 Å². The third kappa shape index (κ3) is 4.48. The standard InChI is InChI=1S/C23H26F3N3O2/c1-14-9-11-29(12-10-14)22(30)21-15(2)20-18(7-4-8-19(20)31-21)28-27-17-6-3-5-16(13-17)23(24,25)26/h3,5-6,13-14,27H,4,7-12H2,1-2H3/b28-18+. The molecule has 1 amide bonds. The van der Waals surface area contributed by atoms with E-state index in [1.165, 1.54) is 12.1 Å². The van der Waals surface area contributed by atoms with Gasteiger partial charge in [-0.15, -0.1) is 0 Å². The van der Waals surface area contributed by atoms with Crippen molar-refractivity contribution in [2.45, 2.75) is 52.1 Å². The van der Waals surface area contributed by atoms with E-state index in [9.17, 15) is 18.0 Å². The van der Waals surface area contributed by atoms with Gasteiger partial charge >= 0.3 is 6.18 Å².